The average molecular weight is 165 g/mol. The van der Waals surface area contributed by atoms with Gasteiger partial charge in [0.15, 0.2) is 6.29 Å². The molecule has 0 aromatic heterocycles. The maximum absolute atomic E-state index is 5.06. The standard InChI is InChI=1S/C10H13O2/c1-11-10(12-2)8-9-6-4-3-5-7-9/h3-6,10H,8H2,1-2H3. The molecule has 0 saturated carbocycles. The van der Waals surface area contributed by atoms with Gasteiger partial charge in [0.2, 0.25) is 0 Å². The van der Waals surface area contributed by atoms with E-state index in [0.29, 0.717) is 0 Å². The second kappa shape index (κ2) is 4.91. The van der Waals surface area contributed by atoms with Gasteiger partial charge in [-0.05, 0) is 11.6 Å². The Hall–Kier alpha value is -0.860. The molecule has 0 aliphatic rings. The van der Waals surface area contributed by atoms with Crippen LogP contribution in [0.15, 0.2) is 24.3 Å². The van der Waals surface area contributed by atoms with Crippen LogP contribution in [0.2, 0.25) is 0 Å². The maximum atomic E-state index is 5.06. The van der Waals surface area contributed by atoms with Crippen molar-refractivity contribution in [1.29, 1.82) is 0 Å². The molecule has 0 amide bonds. The van der Waals surface area contributed by atoms with Gasteiger partial charge in [-0.25, -0.2) is 0 Å². The van der Waals surface area contributed by atoms with Crippen LogP contribution in [0.5, 0.6) is 0 Å². The van der Waals surface area contributed by atoms with E-state index >= 15 is 0 Å². The Labute approximate surface area is 73.1 Å². The van der Waals surface area contributed by atoms with Gasteiger partial charge in [-0.15, -0.1) is 0 Å². The van der Waals surface area contributed by atoms with E-state index in [0.717, 1.165) is 12.0 Å². The lowest BCUT2D eigenvalue weighted by atomic mass is 10.1. The Kier molecular flexibility index (Phi) is 3.77. The molecule has 1 aromatic rings. The fraction of sp³-hybridized carbons (Fsp3) is 0.400. The molecule has 12 heavy (non-hydrogen) atoms. The highest BCUT2D eigenvalue weighted by molar-refractivity contribution is 5.13. The number of ether oxygens (including phenoxy) is 2. The van der Waals surface area contributed by atoms with Crippen LogP contribution in [0.3, 0.4) is 0 Å². The number of benzene rings is 1. The summed E-state index contributed by atoms with van der Waals surface area (Å²) in [6, 6.07) is 10.9. The van der Waals surface area contributed by atoms with Crippen LogP contribution in [-0.4, -0.2) is 20.5 Å². The second-order valence-electron chi connectivity index (χ2n) is 2.49. The summed E-state index contributed by atoms with van der Waals surface area (Å²) >= 11 is 0. The summed E-state index contributed by atoms with van der Waals surface area (Å²) in [4.78, 5) is 0. The summed E-state index contributed by atoms with van der Waals surface area (Å²) in [7, 11) is 3.27. The molecular weight excluding hydrogens is 152 g/mol. The van der Waals surface area contributed by atoms with E-state index in [1.807, 2.05) is 24.3 Å². The minimum absolute atomic E-state index is 0.163. The van der Waals surface area contributed by atoms with Crippen molar-refractivity contribution in [2.24, 2.45) is 0 Å². The summed E-state index contributed by atoms with van der Waals surface area (Å²) < 4.78 is 10.1. The third kappa shape index (κ3) is 2.64. The Bertz CT molecular complexity index is 204. The first kappa shape index (κ1) is 9.23. The molecule has 0 bridgehead atoms. The topological polar surface area (TPSA) is 18.5 Å². The van der Waals surface area contributed by atoms with Crippen LogP contribution in [0.25, 0.3) is 0 Å². The van der Waals surface area contributed by atoms with E-state index in [1.54, 1.807) is 14.2 Å². The van der Waals surface area contributed by atoms with Crippen molar-refractivity contribution in [3.8, 4) is 0 Å². The van der Waals surface area contributed by atoms with Gasteiger partial charge in [-0.2, -0.15) is 0 Å². The molecule has 1 radical (unpaired) electrons. The summed E-state index contributed by atoms with van der Waals surface area (Å²) in [6.45, 7) is 0. The van der Waals surface area contributed by atoms with Crippen molar-refractivity contribution in [3.05, 3.63) is 35.9 Å². The lowest BCUT2D eigenvalue weighted by Gasteiger charge is -2.12. The van der Waals surface area contributed by atoms with Crippen LogP contribution in [0.4, 0.5) is 0 Å². The molecule has 2 heteroatoms. The summed E-state index contributed by atoms with van der Waals surface area (Å²) in [6.07, 6.45) is 0.581. The first-order valence-corrected chi connectivity index (χ1v) is 3.88. The first-order valence-electron chi connectivity index (χ1n) is 3.88. The number of hydrogen-bond acceptors (Lipinski definition) is 2. The first-order chi connectivity index (χ1) is 5.86. The van der Waals surface area contributed by atoms with Gasteiger partial charge in [0.1, 0.15) is 0 Å². The van der Waals surface area contributed by atoms with Gasteiger partial charge >= 0.3 is 0 Å². The highest BCUT2D eigenvalue weighted by atomic mass is 16.7. The molecule has 0 unspecified atom stereocenters. The molecule has 0 aliphatic heterocycles. The number of rotatable bonds is 4. The van der Waals surface area contributed by atoms with E-state index in [9.17, 15) is 0 Å². The molecule has 0 fully saturated rings. The molecule has 0 saturated heterocycles. The van der Waals surface area contributed by atoms with Gasteiger partial charge in [0.05, 0.1) is 0 Å². The Morgan fingerprint density at radius 1 is 1.33 bits per heavy atom. The Morgan fingerprint density at radius 2 is 2.08 bits per heavy atom. The monoisotopic (exact) mass is 165 g/mol. The predicted molar refractivity (Wildman–Crippen MR) is 46.8 cm³/mol. The highest BCUT2D eigenvalue weighted by Gasteiger charge is 2.04. The molecule has 0 N–H and O–H groups in total. The second-order valence-corrected chi connectivity index (χ2v) is 2.49. The Balaban J connectivity index is 2.51. The van der Waals surface area contributed by atoms with Crippen molar-refractivity contribution < 1.29 is 9.47 Å². The Morgan fingerprint density at radius 3 is 2.58 bits per heavy atom. The number of methoxy groups -OCH3 is 2. The lowest BCUT2D eigenvalue weighted by Crippen LogP contribution is -2.15. The van der Waals surface area contributed by atoms with Gasteiger partial charge in [-0.1, -0.05) is 24.3 Å². The van der Waals surface area contributed by atoms with E-state index in [2.05, 4.69) is 6.07 Å². The minimum Gasteiger partial charge on any atom is -0.356 e. The van der Waals surface area contributed by atoms with E-state index < -0.39 is 0 Å². The minimum atomic E-state index is -0.163. The number of hydrogen-bond donors (Lipinski definition) is 0. The van der Waals surface area contributed by atoms with Crippen LogP contribution >= 0.6 is 0 Å². The lowest BCUT2D eigenvalue weighted by molar-refractivity contribution is -0.100. The summed E-state index contributed by atoms with van der Waals surface area (Å²) in [5.74, 6) is 0. The van der Waals surface area contributed by atoms with Crippen molar-refractivity contribution in [1.82, 2.24) is 0 Å². The fourth-order valence-corrected chi connectivity index (χ4v) is 1.000. The largest absolute Gasteiger partial charge is 0.356 e. The molecule has 0 aliphatic carbocycles. The highest BCUT2D eigenvalue weighted by Crippen LogP contribution is 2.04. The van der Waals surface area contributed by atoms with Crippen LogP contribution in [0, 0.1) is 6.07 Å². The van der Waals surface area contributed by atoms with Crippen LogP contribution in [-0.2, 0) is 15.9 Å². The maximum Gasteiger partial charge on any atom is 0.160 e. The summed E-state index contributed by atoms with van der Waals surface area (Å²) in [5, 5.41) is 0. The molecule has 1 rings (SSSR count). The molecule has 0 spiro atoms. The van der Waals surface area contributed by atoms with Crippen molar-refractivity contribution in [2.75, 3.05) is 14.2 Å². The molecular formula is C10H13O2. The van der Waals surface area contributed by atoms with E-state index in [4.69, 9.17) is 9.47 Å². The smallest absolute Gasteiger partial charge is 0.160 e. The third-order valence-electron chi connectivity index (χ3n) is 1.69. The molecule has 0 heterocycles. The summed E-state index contributed by atoms with van der Waals surface area (Å²) in [5.41, 5.74) is 1.10. The van der Waals surface area contributed by atoms with E-state index in [1.165, 1.54) is 0 Å². The molecule has 65 valence electrons. The van der Waals surface area contributed by atoms with Gasteiger partial charge < -0.3 is 9.47 Å². The average Bonchev–Trinajstić information content (AvgIpc) is 2.16. The van der Waals surface area contributed by atoms with Gasteiger partial charge in [-0.3, -0.25) is 0 Å². The molecule has 0 atom stereocenters. The van der Waals surface area contributed by atoms with Gasteiger partial charge in [0.25, 0.3) is 0 Å². The normalized spacial score (nSPS) is 10.6. The SMILES string of the molecule is COC(Cc1[c]cccc1)OC. The van der Waals surface area contributed by atoms with Crippen molar-refractivity contribution in [3.63, 3.8) is 0 Å². The molecule has 1 aromatic carbocycles. The van der Waals surface area contributed by atoms with Crippen molar-refractivity contribution in [2.45, 2.75) is 12.7 Å². The zero-order chi connectivity index (χ0) is 8.81. The molecule has 2 nitrogen and oxygen atoms in total. The van der Waals surface area contributed by atoms with Gasteiger partial charge in [0, 0.05) is 20.6 Å². The third-order valence-corrected chi connectivity index (χ3v) is 1.69. The fourth-order valence-electron chi connectivity index (χ4n) is 1.000. The quantitative estimate of drug-likeness (QED) is 0.631. The zero-order valence-corrected chi connectivity index (χ0v) is 7.41. The van der Waals surface area contributed by atoms with E-state index in [-0.39, 0.29) is 6.29 Å². The van der Waals surface area contributed by atoms with Crippen LogP contribution in [0.1, 0.15) is 5.56 Å². The predicted octanol–water partition coefficient (Wildman–Crippen LogP) is 1.65. The zero-order valence-electron chi connectivity index (χ0n) is 7.41. The van der Waals surface area contributed by atoms with Crippen LogP contribution < -0.4 is 0 Å². The van der Waals surface area contributed by atoms with Crippen molar-refractivity contribution >= 4 is 0 Å².